The first kappa shape index (κ1) is 15.7. The Morgan fingerprint density at radius 1 is 1.23 bits per heavy atom. The smallest absolute Gasteiger partial charge is 0.311 e. The number of methoxy groups -OCH3 is 2. The number of pyridine rings is 1. The van der Waals surface area contributed by atoms with Crippen molar-refractivity contribution in [1.82, 2.24) is 10.3 Å². The molecule has 116 valence electrons. The molecule has 7 nitrogen and oxygen atoms in total. The van der Waals surface area contributed by atoms with Crippen LogP contribution < -0.4 is 14.8 Å². The van der Waals surface area contributed by atoms with Crippen molar-refractivity contribution in [3.05, 3.63) is 57.8 Å². The Morgan fingerprint density at radius 2 is 2.05 bits per heavy atom. The van der Waals surface area contributed by atoms with Crippen LogP contribution in [0.15, 0.2) is 36.5 Å². The Balaban J connectivity index is 2.03. The molecule has 2 rings (SSSR count). The highest BCUT2D eigenvalue weighted by molar-refractivity contribution is 5.48. The van der Waals surface area contributed by atoms with E-state index in [2.05, 4.69) is 10.3 Å². The number of hydrogen-bond donors (Lipinski definition) is 1. The summed E-state index contributed by atoms with van der Waals surface area (Å²) < 4.78 is 10.2. The molecule has 0 bridgehead atoms. The van der Waals surface area contributed by atoms with Crippen molar-refractivity contribution >= 4 is 5.69 Å². The van der Waals surface area contributed by atoms with Crippen LogP contribution in [0.25, 0.3) is 0 Å². The average Bonchev–Trinajstić information content (AvgIpc) is 2.55. The minimum Gasteiger partial charge on any atom is -0.490 e. The summed E-state index contributed by atoms with van der Waals surface area (Å²) in [6.45, 7) is 1.04. The maximum atomic E-state index is 11.0. The van der Waals surface area contributed by atoms with Crippen molar-refractivity contribution in [1.29, 1.82) is 0 Å². The average molecular weight is 303 g/mol. The number of nitrogens with zero attached hydrogens (tertiary/aromatic N) is 2. The van der Waals surface area contributed by atoms with Gasteiger partial charge in [-0.15, -0.1) is 0 Å². The summed E-state index contributed by atoms with van der Waals surface area (Å²) in [6.07, 6.45) is 1.66. The van der Waals surface area contributed by atoms with Gasteiger partial charge in [-0.3, -0.25) is 10.1 Å². The summed E-state index contributed by atoms with van der Waals surface area (Å²) in [4.78, 5) is 14.7. The molecular formula is C15H17N3O4. The molecule has 1 heterocycles. The Kier molecular flexibility index (Phi) is 5.26. The fourth-order valence-corrected chi connectivity index (χ4v) is 2.07. The van der Waals surface area contributed by atoms with Crippen LogP contribution in [0.5, 0.6) is 11.6 Å². The summed E-state index contributed by atoms with van der Waals surface area (Å²) >= 11 is 0. The second-order valence-corrected chi connectivity index (χ2v) is 4.54. The first-order valence-corrected chi connectivity index (χ1v) is 6.65. The highest BCUT2D eigenvalue weighted by Crippen LogP contribution is 2.27. The first-order valence-electron chi connectivity index (χ1n) is 6.65. The zero-order chi connectivity index (χ0) is 15.9. The van der Waals surface area contributed by atoms with Crippen molar-refractivity contribution in [2.45, 2.75) is 13.1 Å². The number of rotatable bonds is 7. The van der Waals surface area contributed by atoms with E-state index in [4.69, 9.17) is 9.47 Å². The second kappa shape index (κ2) is 7.37. The summed E-state index contributed by atoms with van der Waals surface area (Å²) in [5.74, 6) is 0.818. The SMILES string of the molecule is COc1ccc(CNCc2cccnc2OC)cc1[N+](=O)[O-]. The molecule has 0 aliphatic heterocycles. The fraction of sp³-hybridized carbons (Fsp3) is 0.267. The van der Waals surface area contributed by atoms with E-state index in [0.29, 0.717) is 19.0 Å². The van der Waals surface area contributed by atoms with E-state index in [9.17, 15) is 10.1 Å². The van der Waals surface area contributed by atoms with E-state index >= 15 is 0 Å². The lowest BCUT2D eigenvalue weighted by Gasteiger charge is -2.09. The maximum Gasteiger partial charge on any atom is 0.311 e. The van der Waals surface area contributed by atoms with E-state index in [1.807, 2.05) is 12.1 Å². The molecular weight excluding hydrogens is 286 g/mol. The zero-order valence-electron chi connectivity index (χ0n) is 12.4. The molecule has 0 atom stereocenters. The molecule has 0 radical (unpaired) electrons. The van der Waals surface area contributed by atoms with Gasteiger partial charge < -0.3 is 14.8 Å². The molecule has 0 spiro atoms. The standard InChI is InChI=1S/C15H17N3O4/c1-21-14-6-5-11(8-13(14)18(19)20)9-16-10-12-4-3-7-17-15(12)22-2/h3-8,16H,9-10H2,1-2H3. The van der Waals surface area contributed by atoms with E-state index in [1.54, 1.807) is 25.4 Å². The lowest BCUT2D eigenvalue weighted by molar-refractivity contribution is -0.385. The minimum atomic E-state index is -0.452. The van der Waals surface area contributed by atoms with Gasteiger partial charge in [-0.25, -0.2) is 4.98 Å². The molecule has 0 aliphatic rings. The van der Waals surface area contributed by atoms with Crippen molar-refractivity contribution in [3.63, 3.8) is 0 Å². The van der Waals surface area contributed by atoms with Gasteiger partial charge in [-0.05, 0) is 17.7 Å². The summed E-state index contributed by atoms with van der Waals surface area (Å²) in [6, 6.07) is 8.64. The van der Waals surface area contributed by atoms with Gasteiger partial charge in [-0.1, -0.05) is 12.1 Å². The second-order valence-electron chi connectivity index (χ2n) is 4.54. The third kappa shape index (κ3) is 3.70. The molecule has 1 N–H and O–H groups in total. The van der Waals surface area contributed by atoms with E-state index < -0.39 is 4.92 Å². The number of nitro groups is 1. The quantitative estimate of drug-likeness (QED) is 0.624. The summed E-state index contributed by atoms with van der Waals surface area (Å²) in [5.41, 5.74) is 1.68. The van der Waals surface area contributed by atoms with Crippen molar-refractivity contribution in [2.24, 2.45) is 0 Å². The van der Waals surface area contributed by atoms with Gasteiger partial charge >= 0.3 is 5.69 Å². The van der Waals surface area contributed by atoms with Gasteiger partial charge in [0.05, 0.1) is 19.1 Å². The van der Waals surface area contributed by atoms with E-state index in [1.165, 1.54) is 13.2 Å². The summed E-state index contributed by atoms with van der Waals surface area (Å²) in [5, 5.41) is 14.2. The Morgan fingerprint density at radius 3 is 2.73 bits per heavy atom. The van der Waals surface area contributed by atoms with Gasteiger partial charge in [0, 0.05) is 30.9 Å². The number of ether oxygens (including phenoxy) is 2. The number of aromatic nitrogens is 1. The molecule has 7 heteroatoms. The normalized spacial score (nSPS) is 10.3. The van der Waals surface area contributed by atoms with Gasteiger partial charge in [0.1, 0.15) is 0 Å². The third-order valence-electron chi connectivity index (χ3n) is 3.13. The van der Waals surface area contributed by atoms with Crippen LogP contribution in [0, 0.1) is 10.1 Å². The Labute approximate surface area is 128 Å². The van der Waals surface area contributed by atoms with Crippen LogP contribution in [-0.2, 0) is 13.1 Å². The van der Waals surface area contributed by atoms with E-state index in [-0.39, 0.29) is 11.4 Å². The Hall–Kier alpha value is -2.67. The predicted molar refractivity (Wildman–Crippen MR) is 81.0 cm³/mol. The lowest BCUT2D eigenvalue weighted by atomic mass is 10.2. The van der Waals surface area contributed by atoms with Crippen molar-refractivity contribution < 1.29 is 14.4 Å². The monoisotopic (exact) mass is 303 g/mol. The van der Waals surface area contributed by atoms with Crippen LogP contribution in [0.4, 0.5) is 5.69 Å². The third-order valence-corrected chi connectivity index (χ3v) is 3.13. The van der Waals surface area contributed by atoms with Crippen LogP contribution in [-0.4, -0.2) is 24.1 Å². The molecule has 0 saturated heterocycles. The number of hydrogen-bond acceptors (Lipinski definition) is 6. The van der Waals surface area contributed by atoms with Crippen LogP contribution >= 0.6 is 0 Å². The highest BCUT2D eigenvalue weighted by Gasteiger charge is 2.14. The molecule has 22 heavy (non-hydrogen) atoms. The highest BCUT2D eigenvalue weighted by atomic mass is 16.6. The molecule has 1 aromatic heterocycles. The molecule has 0 aliphatic carbocycles. The van der Waals surface area contributed by atoms with Gasteiger partial charge in [0.15, 0.2) is 5.75 Å². The van der Waals surface area contributed by atoms with Crippen molar-refractivity contribution in [2.75, 3.05) is 14.2 Å². The van der Waals surface area contributed by atoms with E-state index in [0.717, 1.165) is 11.1 Å². The van der Waals surface area contributed by atoms with Crippen LogP contribution in [0.2, 0.25) is 0 Å². The Bertz CT molecular complexity index is 661. The van der Waals surface area contributed by atoms with Gasteiger partial charge in [-0.2, -0.15) is 0 Å². The first-order chi connectivity index (χ1) is 10.7. The predicted octanol–water partition coefficient (Wildman–Crippen LogP) is 2.30. The fourth-order valence-electron chi connectivity index (χ4n) is 2.07. The molecule has 2 aromatic rings. The number of nitrogens with one attached hydrogen (secondary N) is 1. The maximum absolute atomic E-state index is 11.0. The van der Waals surface area contributed by atoms with Crippen LogP contribution in [0.3, 0.4) is 0 Å². The molecule has 1 aromatic carbocycles. The van der Waals surface area contributed by atoms with Gasteiger partial charge in [0.2, 0.25) is 5.88 Å². The minimum absolute atomic E-state index is 0.0410. The topological polar surface area (TPSA) is 86.5 Å². The van der Waals surface area contributed by atoms with Crippen molar-refractivity contribution in [3.8, 4) is 11.6 Å². The van der Waals surface area contributed by atoms with Crippen LogP contribution in [0.1, 0.15) is 11.1 Å². The molecule has 0 amide bonds. The zero-order valence-corrected chi connectivity index (χ0v) is 12.4. The summed E-state index contributed by atoms with van der Waals surface area (Å²) in [7, 11) is 2.98. The lowest BCUT2D eigenvalue weighted by Crippen LogP contribution is -2.14. The number of nitro benzene ring substituents is 1. The molecule has 0 unspecified atom stereocenters. The molecule has 0 saturated carbocycles. The molecule has 0 fully saturated rings. The number of benzene rings is 1. The van der Waals surface area contributed by atoms with Gasteiger partial charge in [0.25, 0.3) is 0 Å². The largest absolute Gasteiger partial charge is 0.490 e.